The van der Waals surface area contributed by atoms with Crippen LogP contribution in [-0.4, -0.2) is 35.5 Å². The maximum atomic E-state index is 5.42. The fraction of sp³-hybridized carbons (Fsp3) is 0.500. The lowest BCUT2D eigenvalue weighted by atomic mass is 10.2. The minimum atomic E-state index is -2.80. The summed E-state index contributed by atoms with van der Waals surface area (Å²) in [7, 11) is -2.80. The smallest absolute Gasteiger partial charge is 0.351 e. The summed E-state index contributed by atoms with van der Waals surface area (Å²) in [5, 5.41) is 0. The molecule has 0 atom stereocenters. The molecule has 21 heavy (non-hydrogen) atoms. The van der Waals surface area contributed by atoms with Gasteiger partial charge in [-0.1, -0.05) is 43.0 Å². The Bertz CT molecular complexity index is 327. The van der Waals surface area contributed by atoms with E-state index in [0.717, 1.165) is 0 Å². The summed E-state index contributed by atoms with van der Waals surface area (Å²) in [6.07, 6.45) is 1.83. The molecule has 0 aromatic heterocycles. The highest BCUT2D eigenvalue weighted by molar-refractivity contribution is 6.53. The highest BCUT2D eigenvalue weighted by atomic mass is 28.4. The molecule has 4 nitrogen and oxygen atoms in total. The van der Waals surface area contributed by atoms with Crippen molar-refractivity contribution in [3.05, 3.63) is 42.5 Å². The second-order valence-corrected chi connectivity index (χ2v) is 6.00. The van der Waals surface area contributed by atoms with Crippen molar-refractivity contribution in [2.45, 2.75) is 27.7 Å². The van der Waals surface area contributed by atoms with Crippen LogP contribution in [-0.2, 0) is 17.7 Å². The van der Waals surface area contributed by atoms with Crippen LogP contribution < -0.4 is 0 Å². The van der Waals surface area contributed by atoms with E-state index in [4.69, 9.17) is 17.7 Å². The Morgan fingerprint density at radius 2 is 1.19 bits per heavy atom. The quantitative estimate of drug-likeness (QED) is 0.648. The molecule has 0 saturated carbocycles. The lowest BCUT2D eigenvalue weighted by molar-refractivity contribution is -0.0247. The molecule has 0 bridgehead atoms. The topological polar surface area (TPSA) is 36.9 Å². The van der Waals surface area contributed by atoms with Crippen molar-refractivity contribution in [2.24, 2.45) is 0 Å². The van der Waals surface area contributed by atoms with E-state index in [-0.39, 0.29) is 0 Å². The fourth-order valence-electron chi connectivity index (χ4n) is 1.55. The second kappa shape index (κ2) is 12.7. The van der Waals surface area contributed by atoms with Gasteiger partial charge in [-0.05, 0) is 33.3 Å². The fourth-order valence-corrected chi connectivity index (χ4v) is 3.46. The normalized spacial score (nSPS) is 10.7. The van der Waals surface area contributed by atoms with Crippen molar-refractivity contribution in [1.82, 2.24) is 0 Å². The van der Waals surface area contributed by atoms with Crippen molar-refractivity contribution in [3.8, 4) is 0 Å². The summed E-state index contributed by atoms with van der Waals surface area (Å²) in [4.78, 5) is 0. The first-order chi connectivity index (χ1) is 10.2. The lowest BCUT2D eigenvalue weighted by Crippen LogP contribution is -2.49. The summed E-state index contributed by atoms with van der Waals surface area (Å²) in [6, 6.07) is 10.0. The van der Waals surface area contributed by atoms with Crippen molar-refractivity contribution in [3.63, 3.8) is 0 Å². The molecule has 1 aromatic carbocycles. The summed E-state index contributed by atoms with van der Waals surface area (Å²) >= 11 is 0. The molecule has 0 heterocycles. The predicted molar refractivity (Wildman–Crippen MR) is 88.8 cm³/mol. The Balaban J connectivity index is 0.000000423. The standard InChI is InChI=1S/C8H20O4Si.C8H8/c1-5-9-13(10-6-2,11-7-3)12-8-4;1-2-8-6-4-3-5-7-8/h5-8H2,1-4H3;2-7H,1H2. The highest BCUT2D eigenvalue weighted by Crippen LogP contribution is 2.11. The van der Waals surface area contributed by atoms with Crippen LogP contribution in [0, 0.1) is 0 Å². The van der Waals surface area contributed by atoms with Gasteiger partial charge in [0.1, 0.15) is 0 Å². The SMILES string of the molecule is C=Cc1ccccc1.CCO[Si](OCC)(OCC)OCC. The Hall–Kier alpha value is -0.983. The molecule has 0 aliphatic carbocycles. The van der Waals surface area contributed by atoms with Crippen LogP contribution in [0.1, 0.15) is 33.3 Å². The minimum Gasteiger partial charge on any atom is -0.351 e. The van der Waals surface area contributed by atoms with Crippen LogP contribution in [0.4, 0.5) is 0 Å². The van der Waals surface area contributed by atoms with Gasteiger partial charge in [-0.25, -0.2) is 0 Å². The van der Waals surface area contributed by atoms with Gasteiger partial charge in [-0.2, -0.15) is 0 Å². The van der Waals surface area contributed by atoms with Gasteiger partial charge in [0.25, 0.3) is 0 Å². The van der Waals surface area contributed by atoms with Crippen LogP contribution >= 0.6 is 0 Å². The van der Waals surface area contributed by atoms with Gasteiger partial charge in [0.05, 0.1) is 0 Å². The van der Waals surface area contributed by atoms with Gasteiger partial charge >= 0.3 is 9.05 Å². The zero-order chi connectivity index (χ0) is 16.0. The molecule has 0 saturated heterocycles. The molecule has 1 aromatic rings. The molecular formula is C16H28O4Si. The third-order valence-electron chi connectivity index (χ3n) is 2.32. The highest BCUT2D eigenvalue weighted by Gasteiger charge is 2.44. The van der Waals surface area contributed by atoms with Crippen molar-refractivity contribution < 1.29 is 17.7 Å². The van der Waals surface area contributed by atoms with E-state index in [2.05, 4.69) is 6.58 Å². The Labute approximate surface area is 130 Å². The molecule has 0 fully saturated rings. The van der Waals surface area contributed by atoms with Gasteiger partial charge in [0.15, 0.2) is 0 Å². The predicted octanol–water partition coefficient (Wildman–Crippen LogP) is 3.90. The number of hydrogen-bond donors (Lipinski definition) is 0. The van der Waals surface area contributed by atoms with Crippen molar-refractivity contribution in [1.29, 1.82) is 0 Å². The van der Waals surface area contributed by atoms with E-state index in [1.165, 1.54) is 5.56 Å². The van der Waals surface area contributed by atoms with Gasteiger partial charge in [-0.3, -0.25) is 0 Å². The first-order valence-corrected chi connectivity index (χ1v) is 9.04. The Morgan fingerprint density at radius 3 is 1.43 bits per heavy atom. The number of rotatable bonds is 9. The molecule has 0 unspecified atom stereocenters. The van der Waals surface area contributed by atoms with E-state index >= 15 is 0 Å². The molecule has 0 radical (unpaired) electrons. The maximum absolute atomic E-state index is 5.42. The van der Waals surface area contributed by atoms with Gasteiger partial charge < -0.3 is 17.7 Å². The molecule has 0 aliphatic rings. The van der Waals surface area contributed by atoms with E-state index in [1.54, 1.807) is 0 Å². The molecule has 120 valence electrons. The number of benzene rings is 1. The molecule has 0 N–H and O–H groups in total. The first-order valence-electron chi connectivity index (χ1n) is 7.41. The van der Waals surface area contributed by atoms with Gasteiger partial charge in [0, 0.05) is 26.4 Å². The Kier molecular flexibility index (Phi) is 12.1. The monoisotopic (exact) mass is 312 g/mol. The minimum absolute atomic E-state index is 0.548. The summed E-state index contributed by atoms with van der Waals surface area (Å²) in [5.41, 5.74) is 1.17. The van der Waals surface area contributed by atoms with Crippen LogP contribution in [0.15, 0.2) is 36.9 Å². The second-order valence-electron chi connectivity index (χ2n) is 3.85. The first kappa shape index (κ1) is 20.0. The van der Waals surface area contributed by atoms with Crippen LogP contribution in [0.25, 0.3) is 6.08 Å². The summed E-state index contributed by atoms with van der Waals surface area (Å²) in [5.74, 6) is 0. The molecular weight excluding hydrogens is 284 g/mol. The van der Waals surface area contributed by atoms with Gasteiger partial charge in [-0.15, -0.1) is 0 Å². The molecule has 0 amide bonds. The zero-order valence-corrected chi connectivity index (χ0v) is 14.6. The third-order valence-corrected chi connectivity index (χ3v) is 4.89. The molecule has 0 spiro atoms. The van der Waals surface area contributed by atoms with Crippen LogP contribution in [0.2, 0.25) is 0 Å². The van der Waals surface area contributed by atoms with E-state index < -0.39 is 9.05 Å². The van der Waals surface area contributed by atoms with Crippen molar-refractivity contribution >= 4 is 15.1 Å². The molecule has 0 aliphatic heterocycles. The number of hydrogen-bond acceptors (Lipinski definition) is 4. The zero-order valence-electron chi connectivity index (χ0n) is 13.6. The largest absolute Gasteiger partial charge is 0.679 e. The van der Waals surface area contributed by atoms with E-state index in [9.17, 15) is 0 Å². The maximum Gasteiger partial charge on any atom is 0.679 e. The summed E-state index contributed by atoms with van der Waals surface area (Å²) in [6.45, 7) is 13.4. The average molecular weight is 312 g/mol. The molecule has 5 heteroatoms. The third kappa shape index (κ3) is 8.80. The van der Waals surface area contributed by atoms with E-state index in [1.807, 2.05) is 64.1 Å². The lowest BCUT2D eigenvalue weighted by Gasteiger charge is -2.26. The van der Waals surface area contributed by atoms with Gasteiger partial charge in [0.2, 0.25) is 0 Å². The summed E-state index contributed by atoms with van der Waals surface area (Å²) < 4.78 is 21.7. The molecule has 1 rings (SSSR count). The average Bonchev–Trinajstić information content (AvgIpc) is 2.50. The van der Waals surface area contributed by atoms with Crippen molar-refractivity contribution in [2.75, 3.05) is 26.4 Å². The Morgan fingerprint density at radius 1 is 0.810 bits per heavy atom. The van der Waals surface area contributed by atoms with Crippen LogP contribution in [0.5, 0.6) is 0 Å². The van der Waals surface area contributed by atoms with Crippen LogP contribution in [0.3, 0.4) is 0 Å². The van der Waals surface area contributed by atoms with E-state index in [0.29, 0.717) is 26.4 Å².